The van der Waals surface area contributed by atoms with Crippen LogP contribution in [-0.2, 0) is 0 Å². The highest BCUT2D eigenvalue weighted by molar-refractivity contribution is 6.06. The summed E-state index contributed by atoms with van der Waals surface area (Å²) in [6, 6.07) is 11.1. The Morgan fingerprint density at radius 3 is 2.80 bits per heavy atom. The summed E-state index contributed by atoms with van der Waals surface area (Å²) in [4.78, 5) is 19.7. The van der Waals surface area contributed by atoms with Gasteiger partial charge in [-0.05, 0) is 44.4 Å². The number of pyridine rings is 1. The predicted octanol–water partition coefficient (Wildman–Crippen LogP) is 2.61. The van der Waals surface area contributed by atoms with E-state index in [-0.39, 0.29) is 17.7 Å². The third-order valence-electron chi connectivity index (χ3n) is 5.41. The topological polar surface area (TPSA) is 106 Å². The lowest BCUT2D eigenvalue weighted by molar-refractivity contribution is 0.0263. The number of aromatic nitrogens is 4. The van der Waals surface area contributed by atoms with Crippen LogP contribution in [0, 0.1) is 18.3 Å². The van der Waals surface area contributed by atoms with Crippen LogP contribution in [0.25, 0.3) is 5.69 Å². The molecule has 8 nitrogen and oxygen atoms in total. The van der Waals surface area contributed by atoms with Gasteiger partial charge < -0.3 is 10.1 Å². The normalized spacial score (nSPS) is 21.0. The molecule has 1 aliphatic heterocycles. The van der Waals surface area contributed by atoms with E-state index in [0.717, 1.165) is 12.0 Å². The molecule has 1 aromatic carbocycles. The van der Waals surface area contributed by atoms with Crippen molar-refractivity contribution in [3.63, 3.8) is 0 Å². The third-order valence-corrected chi connectivity index (χ3v) is 5.41. The van der Waals surface area contributed by atoms with E-state index in [0.29, 0.717) is 29.8 Å². The first kappa shape index (κ1) is 19.7. The van der Waals surface area contributed by atoms with Crippen LogP contribution >= 0.6 is 0 Å². The van der Waals surface area contributed by atoms with Crippen molar-refractivity contribution in [2.24, 2.45) is 0 Å². The van der Waals surface area contributed by atoms with Crippen molar-refractivity contribution in [1.82, 2.24) is 25.3 Å². The van der Waals surface area contributed by atoms with Gasteiger partial charge in [-0.25, -0.2) is 4.98 Å². The molecule has 4 rings (SSSR count). The van der Waals surface area contributed by atoms with Crippen molar-refractivity contribution in [1.29, 1.82) is 5.26 Å². The van der Waals surface area contributed by atoms with Crippen LogP contribution < -0.4 is 10.1 Å². The Balaban J connectivity index is 1.79. The Bertz CT molecular complexity index is 1100. The number of rotatable bonds is 5. The van der Waals surface area contributed by atoms with Crippen LogP contribution in [0.4, 0.5) is 0 Å². The summed E-state index contributed by atoms with van der Waals surface area (Å²) in [7, 11) is 0. The minimum Gasteiger partial charge on any atom is -0.461 e. The number of nitrogens with one attached hydrogen (secondary N) is 1. The van der Waals surface area contributed by atoms with E-state index in [1.54, 1.807) is 24.5 Å². The molecular formula is C22H22N6O2. The van der Waals surface area contributed by atoms with Gasteiger partial charge in [0, 0.05) is 24.8 Å². The number of hydrogen-bond acceptors (Lipinski definition) is 7. The number of aryl methyl sites for hydroxylation is 1. The van der Waals surface area contributed by atoms with Crippen LogP contribution in [0.15, 0.2) is 48.9 Å². The number of ether oxygens (including phenoxy) is 1. The maximum atomic E-state index is 14.0. The fourth-order valence-corrected chi connectivity index (χ4v) is 3.72. The fourth-order valence-electron chi connectivity index (χ4n) is 3.72. The zero-order valence-corrected chi connectivity index (χ0v) is 16.9. The number of ketones is 1. The van der Waals surface area contributed by atoms with Crippen molar-refractivity contribution in [2.45, 2.75) is 38.3 Å². The summed E-state index contributed by atoms with van der Waals surface area (Å²) < 4.78 is 6.25. The van der Waals surface area contributed by atoms with E-state index in [1.807, 2.05) is 25.1 Å². The monoisotopic (exact) mass is 402 g/mol. The molecule has 1 saturated heterocycles. The Labute approximate surface area is 174 Å². The van der Waals surface area contributed by atoms with Crippen molar-refractivity contribution in [3.8, 4) is 17.6 Å². The van der Waals surface area contributed by atoms with Gasteiger partial charge >= 0.3 is 0 Å². The molecule has 0 saturated carbocycles. The Morgan fingerprint density at radius 1 is 1.30 bits per heavy atom. The molecule has 2 aromatic heterocycles. The molecule has 0 radical (unpaired) electrons. The number of benzene rings is 1. The van der Waals surface area contributed by atoms with Crippen molar-refractivity contribution in [3.05, 3.63) is 65.6 Å². The lowest BCUT2D eigenvalue weighted by Gasteiger charge is -2.39. The molecule has 1 fully saturated rings. The highest BCUT2D eigenvalue weighted by Gasteiger charge is 2.45. The van der Waals surface area contributed by atoms with Crippen LogP contribution in [0.3, 0.4) is 0 Å². The summed E-state index contributed by atoms with van der Waals surface area (Å²) in [5.74, 6) is 0.0996. The minimum atomic E-state index is -1.15. The fraction of sp³-hybridized carbons (Fsp3) is 0.318. The Kier molecular flexibility index (Phi) is 5.29. The number of carbonyl (C=O) groups is 1. The second-order valence-corrected chi connectivity index (χ2v) is 7.53. The number of nitriles is 1. The minimum absolute atomic E-state index is 0.156. The molecule has 3 aromatic rings. The molecule has 152 valence electrons. The molecule has 0 aliphatic carbocycles. The Morgan fingerprint density at radius 2 is 2.10 bits per heavy atom. The first-order valence-corrected chi connectivity index (χ1v) is 9.82. The summed E-state index contributed by atoms with van der Waals surface area (Å²) in [5.41, 5.74) is 1.21. The van der Waals surface area contributed by atoms with E-state index in [9.17, 15) is 10.1 Å². The molecule has 3 heterocycles. The number of carbonyl (C=O) groups excluding carboxylic acids is 1. The highest BCUT2D eigenvalue weighted by atomic mass is 16.5. The molecule has 0 unspecified atom stereocenters. The van der Waals surface area contributed by atoms with Crippen LogP contribution in [-0.4, -0.2) is 43.9 Å². The van der Waals surface area contributed by atoms with Gasteiger partial charge in [0.25, 0.3) is 0 Å². The van der Waals surface area contributed by atoms with Gasteiger partial charge in [-0.3, -0.25) is 4.79 Å². The number of Topliss-reactive ketones (excluding diaryl/α,β-unsaturated/α-hetero) is 1. The van der Waals surface area contributed by atoms with E-state index >= 15 is 0 Å². The molecule has 2 atom stereocenters. The zero-order valence-electron chi connectivity index (χ0n) is 16.9. The second-order valence-electron chi connectivity index (χ2n) is 7.53. The van der Waals surface area contributed by atoms with Gasteiger partial charge in [0.2, 0.25) is 11.7 Å². The summed E-state index contributed by atoms with van der Waals surface area (Å²) >= 11 is 0. The molecule has 0 amide bonds. The van der Waals surface area contributed by atoms with Gasteiger partial charge in [0.15, 0.2) is 5.60 Å². The van der Waals surface area contributed by atoms with Gasteiger partial charge in [0.05, 0.1) is 35.3 Å². The van der Waals surface area contributed by atoms with E-state index in [1.165, 1.54) is 11.0 Å². The molecule has 0 bridgehead atoms. The average Bonchev–Trinajstić information content (AvgIpc) is 3.30. The second kappa shape index (κ2) is 8.05. The van der Waals surface area contributed by atoms with E-state index in [2.05, 4.69) is 33.5 Å². The first-order chi connectivity index (χ1) is 14.5. The summed E-state index contributed by atoms with van der Waals surface area (Å²) in [6.45, 7) is 4.31. The quantitative estimate of drug-likeness (QED) is 0.654. The van der Waals surface area contributed by atoms with Crippen LogP contribution in [0.5, 0.6) is 5.88 Å². The van der Waals surface area contributed by atoms with Gasteiger partial charge in [-0.15, -0.1) is 0 Å². The van der Waals surface area contributed by atoms with Crippen molar-refractivity contribution in [2.75, 3.05) is 6.54 Å². The van der Waals surface area contributed by atoms with E-state index < -0.39 is 5.60 Å². The zero-order chi connectivity index (χ0) is 21.1. The Hall–Kier alpha value is -3.57. The SMILES string of the molecule is Cc1cccc(-n2nccn2)c1C(=O)[C@@]1(Oc2cc(C#N)ccn2)CC[C@@H](C)NC1. The molecule has 8 heteroatoms. The average molecular weight is 402 g/mol. The number of hydrogen-bond donors (Lipinski definition) is 1. The lowest BCUT2D eigenvalue weighted by atomic mass is 9.82. The van der Waals surface area contributed by atoms with Gasteiger partial charge in [-0.1, -0.05) is 12.1 Å². The van der Waals surface area contributed by atoms with Crippen LogP contribution in [0.1, 0.15) is 41.3 Å². The summed E-state index contributed by atoms with van der Waals surface area (Å²) in [5, 5.41) is 21.0. The number of piperidine rings is 1. The first-order valence-electron chi connectivity index (χ1n) is 9.82. The number of nitrogens with zero attached hydrogens (tertiary/aromatic N) is 5. The largest absolute Gasteiger partial charge is 0.461 e. The maximum absolute atomic E-state index is 14.0. The van der Waals surface area contributed by atoms with Gasteiger partial charge in [-0.2, -0.15) is 20.3 Å². The van der Waals surface area contributed by atoms with Crippen molar-refractivity contribution < 1.29 is 9.53 Å². The lowest BCUT2D eigenvalue weighted by Crippen LogP contribution is -2.58. The summed E-state index contributed by atoms with van der Waals surface area (Å²) in [6.07, 6.45) is 5.95. The predicted molar refractivity (Wildman–Crippen MR) is 109 cm³/mol. The molecule has 1 aliphatic rings. The molecule has 1 N–H and O–H groups in total. The van der Waals surface area contributed by atoms with Crippen molar-refractivity contribution >= 4 is 5.78 Å². The standard InChI is InChI=1S/C22H22N6O2/c1-15-4-3-5-18(28-26-10-11-27-28)20(15)21(29)22(8-6-16(2)25-14-22)30-19-12-17(13-23)7-9-24-19/h3-5,7,9-12,16,25H,6,8,14H2,1-2H3/t16-,22-/m1/s1. The van der Waals surface area contributed by atoms with Crippen LogP contribution in [0.2, 0.25) is 0 Å². The molecular weight excluding hydrogens is 380 g/mol. The third kappa shape index (κ3) is 3.67. The maximum Gasteiger partial charge on any atom is 0.215 e. The highest BCUT2D eigenvalue weighted by Crippen LogP contribution is 2.32. The van der Waals surface area contributed by atoms with Gasteiger partial charge in [0.1, 0.15) is 0 Å². The molecule has 30 heavy (non-hydrogen) atoms. The van der Waals surface area contributed by atoms with E-state index in [4.69, 9.17) is 4.74 Å². The smallest absolute Gasteiger partial charge is 0.215 e. The molecule has 0 spiro atoms.